The highest BCUT2D eigenvalue weighted by molar-refractivity contribution is 7.89. The predicted molar refractivity (Wildman–Crippen MR) is 127 cm³/mol. The van der Waals surface area contributed by atoms with E-state index in [1.807, 2.05) is 29.0 Å². The van der Waals surface area contributed by atoms with E-state index in [1.165, 1.54) is 5.56 Å². The van der Waals surface area contributed by atoms with Gasteiger partial charge in [-0.15, -0.1) is 0 Å². The van der Waals surface area contributed by atoms with Gasteiger partial charge in [0.05, 0.1) is 4.90 Å². The van der Waals surface area contributed by atoms with Gasteiger partial charge >= 0.3 is 0 Å². The Kier molecular flexibility index (Phi) is 6.67. The van der Waals surface area contributed by atoms with Gasteiger partial charge in [0.25, 0.3) is 0 Å². The number of rotatable bonds is 7. The smallest absolute Gasteiger partial charge is 0.243 e. The Hall–Kier alpha value is -2.64. The molecule has 0 aliphatic carbocycles. The Morgan fingerprint density at radius 2 is 1.72 bits per heavy atom. The van der Waals surface area contributed by atoms with Crippen molar-refractivity contribution in [3.8, 4) is 0 Å². The summed E-state index contributed by atoms with van der Waals surface area (Å²) in [6, 6.07) is 15.3. The van der Waals surface area contributed by atoms with Gasteiger partial charge in [-0.1, -0.05) is 38.1 Å². The standard InChI is InChI=1S/C25H31N3O3S/c1-3-20-4-6-21(7-5-20)17-26-25(29)18-27-13-12-22-16-23(8-9-24(22)27)32(30,31)28-14-10-19(2)11-15-28/h4-9,12-13,16,19H,3,10-11,14-15,17-18H2,1-2H3,(H,26,29). The summed E-state index contributed by atoms with van der Waals surface area (Å²) in [5.41, 5.74) is 3.18. The lowest BCUT2D eigenvalue weighted by atomic mass is 10.0. The Labute approximate surface area is 190 Å². The summed E-state index contributed by atoms with van der Waals surface area (Å²) in [6.07, 6.45) is 4.62. The molecule has 7 heteroatoms. The highest BCUT2D eigenvalue weighted by atomic mass is 32.2. The molecule has 0 bridgehead atoms. The molecule has 0 spiro atoms. The first-order valence-corrected chi connectivity index (χ1v) is 12.7. The van der Waals surface area contributed by atoms with E-state index in [2.05, 4.69) is 31.3 Å². The average Bonchev–Trinajstić information content (AvgIpc) is 3.20. The number of nitrogens with zero attached hydrogens (tertiary/aromatic N) is 2. The maximum absolute atomic E-state index is 13.0. The molecule has 1 aliphatic rings. The Bertz CT molecular complexity index is 1190. The van der Waals surface area contributed by atoms with E-state index in [4.69, 9.17) is 0 Å². The fraction of sp³-hybridized carbons (Fsp3) is 0.400. The quantitative estimate of drug-likeness (QED) is 0.589. The first-order chi connectivity index (χ1) is 15.4. The van der Waals surface area contributed by atoms with Crippen LogP contribution in [-0.2, 0) is 34.3 Å². The van der Waals surface area contributed by atoms with Crippen molar-refractivity contribution in [2.45, 2.75) is 51.1 Å². The molecule has 2 aromatic carbocycles. The number of aromatic nitrogens is 1. The zero-order chi connectivity index (χ0) is 22.7. The number of fused-ring (bicyclic) bond motifs is 1. The van der Waals surface area contributed by atoms with E-state index in [1.54, 1.807) is 22.5 Å². The zero-order valence-electron chi connectivity index (χ0n) is 18.8. The lowest BCUT2D eigenvalue weighted by molar-refractivity contribution is -0.121. The summed E-state index contributed by atoms with van der Waals surface area (Å²) in [6.45, 7) is 6.10. The molecule has 3 aromatic rings. The molecule has 2 heterocycles. The average molecular weight is 454 g/mol. The first kappa shape index (κ1) is 22.6. The molecule has 1 aromatic heterocycles. The molecule has 1 fully saturated rings. The van der Waals surface area contributed by atoms with E-state index in [0.717, 1.165) is 35.7 Å². The summed E-state index contributed by atoms with van der Waals surface area (Å²) in [5.74, 6) is 0.487. The number of carbonyl (C=O) groups is 1. The lowest BCUT2D eigenvalue weighted by Crippen LogP contribution is -2.37. The van der Waals surface area contributed by atoms with Gasteiger partial charge in [-0.05, 0) is 60.6 Å². The van der Waals surface area contributed by atoms with Crippen LogP contribution in [0, 0.1) is 5.92 Å². The minimum absolute atomic E-state index is 0.0822. The van der Waals surface area contributed by atoms with E-state index in [9.17, 15) is 13.2 Å². The molecule has 4 rings (SSSR count). The minimum Gasteiger partial charge on any atom is -0.350 e. The molecule has 0 atom stereocenters. The fourth-order valence-corrected chi connectivity index (χ4v) is 5.66. The van der Waals surface area contributed by atoms with Crippen LogP contribution in [-0.4, -0.2) is 36.3 Å². The van der Waals surface area contributed by atoms with E-state index >= 15 is 0 Å². The van der Waals surface area contributed by atoms with Crippen LogP contribution in [0.25, 0.3) is 10.9 Å². The topological polar surface area (TPSA) is 71.4 Å². The van der Waals surface area contributed by atoms with Crippen LogP contribution in [0.5, 0.6) is 0 Å². The molecular weight excluding hydrogens is 422 g/mol. The summed E-state index contributed by atoms with van der Waals surface area (Å²) >= 11 is 0. The normalized spacial score (nSPS) is 15.8. The van der Waals surface area contributed by atoms with Crippen LogP contribution >= 0.6 is 0 Å². The summed E-state index contributed by atoms with van der Waals surface area (Å²) in [7, 11) is -3.49. The summed E-state index contributed by atoms with van der Waals surface area (Å²) in [4.78, 5) is 12.8. The molecule has 1 N–H and O–H groups in total. The molecule has 0 saturated carbocycles. The third-order valence-corrected chi connectivity index (χ3v) is 8.25. The van der Waals surface area contributed by atoms with Crippen LogP contribution in [0.3, 0.4) is 0 Å². The maximum Gasteiger partial charge on any atom is 0.243 e. The van der Waals surface area contributed by atoms with Crippen LogP contribution < -0.4 is 5.32 Å². The van der Waals surface area contributed by atoms with Crippen LogP contribution in [0.1, 0.15) is 37.8 Å². The third-order valence-electron chi connectivity index (χ3n) is 6.36. The van der Waals surface area contributed by atoms with Crippen molar-refractivity contribution < 1.29 is 13.2 Å². The van der Waals surface area contributed by atoms with Crippen molar-refractivity contribution in [3.05, 3.63) is 65.9 Å². The third kappa shape index (κ3) is 4.89. The monoisotopic (exact) mass is 453 g/mol. The van der Waals surface area contributed by atoms with E-state index in [0.29, 0.717) is 30.4 Å². The number of piperidine rings is 1. The molecule has 0 unspecified atom stereocenters. The van der Waals surface area contributed by atoms with Gasteiger partial charge in [0.1, 0.15) is 6.54 Å². The first-order valence-electron chi connectivity index (χ1n) is 11.3. The highest BCUT2D eigenvalue weighted by Gasteiger charge is 2.28. The predicted octanol–water partition coefficient (Wildman–Crippen LogP) is 3.94. The molecule has 32 heavy (non-hydrogen) atoms. The Balaban J connectivity index is 1.42. The van der Waals surface area contributed by atoms with Gasteiger partial charge in [-0.3, -0.25) is 4.79 Å². The lowest BCUT2D eigenvalue weighted by Gasteiger charge is -2.29. The molecule has 170 valence electrons. The van der Waals surface area contributed by atoms with Gasteiger partial charge in [-0.25, -0.2) is 8.42 Å². The summed E-state index contributed by atoms with van der Waals surface area (Å²) in [5, 5.41) is 3.78. The maximum atomic E-state index is 13.0. The molecular formula is C25H31N3O3S. The molecule has 0 radical (unpaired) electrons. The second-order valence-electron chi connectivity index (χ2n) is 8.70. The van der Waals surface area contributed by atoms with Gasteiger partial charge in [0.2, 0.25) is 15.9 Å². The number of hydrogen-bond donors (Lipinski definition) is 1. The largest absolute Gasteiger partial charge is 0.350 e. The highest BCUT2D eigenvalue weighted by Crippen LogP contribution is 2.26. The number of carbonyl (C=O) groups excluding carboxylic acids is 1. The zero-order valence-corrected chi connectivity index (χ0v) is 19.6. The van der Waals surface area contributed by atoms with Gasteiger partial charge in [-0.2, -0.15) is 4.31 Å². The van der Waals surface area contributed by atoms with Crippen molar-refractivity contribution in [1.29, 1.82) is 0 Å². The minimum atomic E-state index is -3.49. The second kappa shape index (κ2) is 9.46. The van der Waals surface area contributed by atoms with Crippen molar-refractivity contribution in [1.82, 2.24) is 14.2 Å². The van der Waals surface area contributed by atoms with Crippen molar-refractivity contribution >= 4 is 26.8 Å². The van der Waals surface area contributed by atoms with Crippen LogP contribution in [0.2, 0.25) is 0 Å². The van der Waals surface area contributed by atoms with Crippen LogP contribution in [0.15, 0.2) is 59.6 Å². The number of benzene rings is 2. The van der Waals surface area contributed by atoms with E-state index < -0.39 is 10.0 Å². The van der Waals surface area contributed by atoms with Crippen LogP contribution in [0.4, 0.5) is 0 Å². The molecule has 6 nitrogen and oxygen atoms in total. The number of aryl methyl sites for hydroxylation is 1. The van der Waals surface area contributed by atoms with Crippen molar-refractivity contribution in [2.24, 2.45) is 5.92 Å². The number of hydrogen-bond acceptors (Lipinski definition) is 3. The van der Waals surface area contributed by atoms with Crippen molar-refractivity contribution in [3.63, 3.8) is 0 Å². The van der Waals surface area contributed by atoms with Gasteiger partial charge < -0.3 is 9.88 Å². The Morgan fingerprint density at radius 3 is 2.41 bits per heavy atom. The van der Waals surface area contributed by atoms with Crippen molar-refractivity contribution in [2.75, 3.05) is 13.1 Å². The Morgan fingerprint density at radius 1 is 1.03 bits per heavy atom. The SMILES string of the molecule is CCc1ccc(CNC(=O)Cn2ccc3cc(S(=O)(=O)N4CCC(C)CC4)ccc32)cc1. The summed E-state index contributed by atoms with van der Waals surface area (Å²) < 4.78 is 29.5. The van der Waals surface area contributed by atoms with Gasteiger partial charge in [0, 0.05) is 36.7 Å². The molecule has 1 saturated heterocycles. The molecule has 1 aliphatic heterocycles. The van der Waals surface area contributed by atoms with Gasteiger partial charge in [0.15, 0.2) is 0 Å². The molecule has 1 amide bonds. The number of nitrogens with one attached hydrogen (secondary N) is 1. The fourth-order valence-electron chi connectivity index (χ4n) is 4.15. The second-order valence-corrected chi connectivity index (χ2v) is 10.6. The number of sulfonamides is 1. The van der Waals surface area contributed by atoms with E-state index in [-0.39, 0.29) is 12.5 Å². The number of amides is 1.